The quantitative estimate of drug-likeness (QED) is 0.806. The molecule has 2 aromatic rings. The molecule has 1 aliphatic rings. The Hall–Kier alpha value is -2.13. The minimum absolute atomic E-state index is 0.0923. The average molecular weight is 296 g/mol. The van der Waals surface area contributed by atoms with Gasteiger partial charge in [-0.15, -0.1) is 0 Å². The highest BCUT2D eigenvalue weighted by molar-refractivity contribution is 5.81. The summed E-state index contributed by atoms with van der Waals surface area (Å²) in [6.07, 6.45) is 1.85. The van der Waals surface area contributed by atoms with Crippen molar-refractivity contribution in [2.45, 2.75) is 26.4 Å². The molecule has 0 N–H and O–H groups in total. The van der Waals surface area contributed by atoms with E-state index in [-0.39, 0.29) is 6.10 Å². The normalized spacial score (nSPS) is 16.2. The van der Waals surface area contributed by atoms with E-state index in [9.17, 15) is 4.79 Å². The van der Waals surface area contributed by atoms with Crippen molar-refractivity contribution in [3.8, 4) is 16.9 Å². The molecule has 0 saturated heterocycles. The summed E-state index contributed by atoms with van der Waals surface area (Å²) in [4.78, 5) is 11.0. The first-order valence-electron chi connectivity index (χ1n) is 7.48. The smallest absolute Gasteiger partial charge is 0.150 e. The molecule has 1 atom stereocenters. The predicted molar refractivity (Wildman–Crippen MR) is 86.7 cm³/mol. The van der Waals surface area contributed by atoms with Gasteiger partial charge in [0, 0.05) is 24.7 Å². The Morgan fingerprint density at radius 3 is 2.86 bits per heavy atom. The first-order valence-corrected chi connectivity index (χ1v) is 7.48. The van der Waals surface area contributed by atoms with Gasteiger partial charge in [-0.05, 0) is 48.2 Å². The van der Waals surface area contributed by atoms with Gasteiger partial charge in [-0.1, -0.05) is 18.2 Å². The SMILES string of the molecule is COCC1Cc2c(cc(C)c(-c3cccc(C=O)c3)c2C)O1. The molecule has 3 rings (SSSR count). The summed E-state index contributed by atoms with van der Waals surface area (Å²) < 4.78 is 11.2. The molecule has 22 heavy (non-hydrogen) atoms. The Bertz CT molecular complexity index is 719. The number of hydrogen-bond acceptors (Lipinski definition) is 3. The second-order valence-corrected chi connectivity index (χ2v) is 5.81. The number of hydrogen-bond donors (Lipinski definition) is 0. The molecule has 0 fully saturated rings. The average Bonchev–Trinajstić information content (AvgIpc) is 2.91. The standard InChI is InChI=1S/C19H20O3/c1-12-7-18-17(9-16(22-18)11-21-3)13(2)19(12)15-6-4-5-14(8-15)10-20/h4-8,10,16H,9,11H2,1-3H3. The third-order valence-electron chi connectivity index (χ3n) is 4.26. The molecule has 0 saturated carbocycles. The first-order chi connectivity index (χ1) is 10.6. The summed E-state index contributed by atoms with van der Waals surface area (Å²) >= 11 is 0. The van der Waals surface area contributed by atoms with Crippen molar-refractivity contribution >= 4 is 6.29 Å². The van der Waals surface area contributed by atoms with Crippen LogP contribution in [0.1, 0.15) is 27.0 Å². The Morgan fingerprint density at radius 1 is 1.32 bits per heavy atom. The summed E-state index contributed by atoms with van der Waals surface area (Å²) in [7, 11) is 1.70. The third-order valence-corrected chi connectivity index (χ3v) is 4.26. The number of carbonyl (C=O) groups excluding carboxylic acids is 1. The molecule has 3 nitrogen and oxygen atoms in total. The number of aryl methyl sites for hydroxylation is 1. The summed E-state index contributed by atoms with van der Waals surface area (Å²) in [5, 5.41) is 0. The Labute approximate surface area is 130 Å². The van der Waals surface area contributed by atoms with Crippen LogP contribution >= 0.6 is 0 Å². The molecule has 0 spiro atoms. The fourth-order valence-electron chi connectivity index (χ4n) is 3.29. The van der Waals surface area contributed by atoms with Crippen LogP contribution < -0.4 is 4.74 Å². The van der Waals surface area contributed by atoms with E-state index in [2.05, 4.69) is 26.0 Å². The van der Waals surface area contributed by atoms with Crippen molar-refractivity contribution in [3.63, 3.8) is 0 Å². The van der Waals surface area contributed by atoms with Gasteiger partial charge < -0.3 is 9.47 Å². The van der Waals surface area contributed by atoms with Gasteiger partial charge in [-0.2, -0.15) is 0 Å². The Kier molecular flexibility index (Phi) is 3.99. The van der Waals surface area contributed by atoms with Gasteiger partial charge in [-0.3, -0.25) is 4.79 Å². The maximum atomic E-state index is 11.0. The van der Waals surface area contributed by atoms with Gasteiger partial charge in [0.15, 0.2) is 0 Å². The zero-order valence-corrected chi connectivity index (χ0v) is 13.2. The topological polar surface area (TPSA) is 35.5 Å². The van der Waals surface area contributed by atoms with Gasteiger partial charge in [0.05, 0.1) is 6.61 Å². The van der Waals surface area contributed by atoms with Gasteiger partial charge in [0.25, 0.3) is 0 Å². The van der Waals surface area contributed by atoms with Gasteiger partial charge >= 0.3 is 0 Å². The molecular formula is C19H20O3. The Balaban J connectivity index is 2.07. The van der Waals surface area contributed by atoms with E-state index in [4.69, 9.17) is 9.47 Å². The summed E-state index contributed by atoms with van der Waals surface area (Å²) in [6.45, 7) is 4.82. The van der Waals surface area contributed by atoms with Gasteiger partial charge in [-0.25, -0.2) is 0 Å². The third kappa shape index (κ3) is 2.53. The largest absolute Gasteiger partial charge is 0.487 e. The van der Waals surface area contributed by atoms with Crippen LogP contribution in [0.3, 0.4) is 0 Å². The van der Waals surface area contributed by atoms with E-state index < -0.39 is 0 Å². The summed E-state index contributed by atoms with van der Waals surface area (Å²) in [6, 6.07) is 9.84. The van der Waals surface area contributed by atoms with E-state index in [1.54, 1.807) is 7.11 Å². The van der Waals surface area contributed by atoms with Crippen LogP contribution in [0.25, 0.3) is 11.1 Å². The summed E-state index contributed by atoms with van der Waals surface area (Å²) in [5.41, 5.74) is 6.63. The molecule has 1 unspecified atom stereocenters. The number of rotatable bonds is 4. The highest BCUT2D eigenvalue weighted by atomic mass is 16.5. The van der Waals surface area contributed by atoms with E-state index in [1.807, 2.05) is 18.2 Å². The maximum Gasteiger partial charge on any atom is 0.150 e. The number of methoxy groups -OCH3 is 1. The number of ether oxygens (including phenoxy) is 2. The number of benzene rings is 2. The van der Waals surface area contributed by atoms with Crippen LogP contribution in [0.4, 0.5) is 0 Å². The highest BCUT2D eigenvalue weighted by Gasteiger charge is 2.26. The molecule has 1 heterocycles. The first kappa shape index (κ1) is 14.8. The second-order valence-electron chi connectivity index (χ2n) is 5.81. The van der Waals surface area contributed by atoms with Crippen molar-refractivity contribution in [1.29, 1.82) is 0 Å². The fraction of sp³-hybridized carbons (Fsp3) is 0.316. The van der Waals surface area contributed by atoms with Crippen LogP contribution in [0.5, 0.6) is 5.75 Å². The predicted octanol–water partition coefficient (Wildman–Crippen LogP) is 3.73. The van der Waals surface area contributed by atoms with Crippen LogP contribution in [0.2, 0.25) is 0 Å². The molecule has 3 heteroatoms. The minimum Gasteiger partial charge on any atom is -0.487 e. The van der Waals surface area contributed by atoms with Crippen LogP contribution in [0, 0.1) is 13.8 Å². The van der Waals surface area contributed by atoms with E-state index >= 15 is 0 Å². The van der Waals surface area contributed by atoms with E-state index in [1.165, 1.54) is 16.7 Å². The molecule has 2 aromatic carbocycles. The lowest BCUT2D eigenvalue weighted by atomic mass is 9.90. The van der Waals surface area contributed by atoms with Crippen LogP contribution in [0.15, 0.2) is 30.3 Å². The van der Waals surface area contributed by atoms with Crippen molar-refractivity contribution in [3.05, 3.63) is 52.6 Å². The molecule has 114 valence electrons. The molecule has 0 amide bonds. The maximum absolute atomic E-state index is 11.0. The van der Waals surface area contributed by atoms with Gasteiger partial charge in [0.2, 0.25) is 0 Å². The number of carbonyl (C=O) groups is 1. The van der Waals surface area contributed by atoms with Crippen molar-refractivity contribution in [2.24, 2.45) is 0 Å². The second kappa shape index (κ2) is 5.93. The Morgan fingerprint density at radius 2 is 2.14 bits per heavy atom. The lowest BCUT2D eigenvalue weighted by Crippen LogP contribution is -2.19. The lowest BCUT2D eigenvalue weighted by molar-refractivity contribution is 0.0951. The molecular weight excluding hydrogens is 276 g/mol. The zero-order chi connectivity index (χ0) is 15.7. The molecule has 0 aromatic heterocycles. The zero-order valence-electron chi connectivity index (χ0n) is 13.2. The lowest BCUT2D eigenvalue weighted by Gasteiger charge is -2.14. The highest BCUT2D eigenvalue weighted by Crippen LogP contribution is 2.39. The van der Waals surface area contributed by atoms with E-state index in [0.29, 0.717) is 12.2 Å². The van der Waals surface area contributed by atoms with Crippen molar-refractivity contribution in [2.75, 3.05) is 13.7 Å². The fourth-order valence-corrected chi connectivity index (χ4v) is 3.29. The van der Waals surface area contributed by atoms with E-state index in [0.717, 1.165) is 29.6 Å². The molecule has 0 radical (unpaired) electrons. The minimum atomic E-state index is 0.0923. The van der Waals surface area contributed by atoms with Crippen LogP contribution in [-0.4, -0.2) is 26.1 Å². The number of fused-ring (bicyclic) bond motifs is 1. The van der Waals surface area contributed by atoms with Crippen LogP contribution in [-0.2, 0) is 11.2 Å². The summed E-state index contributed by atoms with van der Waals surface area (Å²) in [5.74, 6) is 0.965. The molecule has 0 bridgehead atoms. The van der Waals surface area contributed by atoms with Gasteiger partial charge in [0.1, 0.15) is 18.1 Å². The monoisotopic (exact) mass is 296 g/mol. The molecule has 1 aliphatic heterocycles. The van der Waals surface area contributed by atoms with Crippen molar-refractivity contribution < 1.29 is 14.3 Å². The number of aldehydes is 1. The van der Waals surface area contributed by atoms with Crippen molar-refractivity contribution in [1.82, 2.24) is 0 Å². The molecule has 0 aliphatic carbocycles.